The highest BCUT2D eigenvalue weighted by molar-refractivity contribution is 6.33. The number of nitrogens with zero attached hydrogens (tertiary/aromatic N) is 3. The van der Waals surface area contributed by atoms with Crippen LogP contribution >= 0.6 is 11.6 Å². The maximum atomic E-state index is 12.1. The molecule has 0 unspecified atom stereocenters. The van der Waals surface area contributed by atoms with Crippen molar-refractivity contribution in [3.63, 3.8) is 0 Å². The molecule has 0 amide bonds. The lowest BCUT2D eigenvalue weighted by molar-refractivity contribution is -0.00525. The molecule has 0 bridgehead atoms. The Morgan fingerprint density at radius 1 is 1.37 bits per heavy atom. The van der Waals surface area contributed by atoms with E-state index in [1.54, 1.807) is 6.20 Å². The predicted octanol–water partition coefficient (Wildman–Crippen LogP) is 2.09. The summed E-state index contributed by atoms with van der Waals surface area (Å²) in [7, 11) is 0. The summed E-state index contributed by atoms with van der Waals surface area (Å²) in [5.41, 5.74) is 0.464. The van der Waals surface area contributed by atoms with Gasteiger partial charge in [-0.2, -0.15) is 5.10 Å². The van der Waals surface area contributed by atoms with E-state index in [1.807, 2.05) is 27.7 Å². The number of hydrogen-bond acceptors (Lipinski definition) is 4. The largest absolute Gasteiger partial charge is 0.372 e. The van der Waals surface area contributed by atoms with Gasteiger partial charge in [-0.05, 0) is 27.7 Å². The summed E-state index contributed by atoms with van der Waals surface area (Å²) in [4.78, 5) is 14.2. The first-order valence-electron chi connectivity index (χ1n) is 6.58. The molecule has 1 aromatic heterocycles. The lowest BCUT2D eigenvalue weighted by Gasteiger charge is -2.36. The lowest BCUT2D eigenvalue weighted by atomic mass is 10.2. The Morgan fingerprint density at radius 2 is 1.95 bits per heavy atom. The molecule has 2 heterocycles. The minimum Gasteiger partial charge on any atom is -0.372 e. The van der Waals surface area contributed by atoms with Crippen molar-refractivity contribution in [1.29, 1.82) is 0 Å². The molecule has 5 nitrogen and oxygen atoms in total. The average molecular weight is 286 g/mol. The Morgan fingerprint density at radius 3 is 2.47 bits per heavy atom. The van der Waals surface area contributed by atoms with Gasteiger partial charge in [-0.1, -0.05) is 11.6 Å². The minimum absolute atomic E-state index is 0.00147. The van der Waals surface area contributed by atoms with Crippen molar-refractivity contribution in [2.45, 2.75) is 45.9 Å². The van der Waals surface area contributed by atoms with Crippen molar-refractivity contribution >= 4 is 17.3 Å². The molecule has 1 fully saturated rings. The van der Waals surface area contributed by atoms with E-state index < -0.39 is 0 Å². The first kappa shape index (κ1) is 14.3. The highest BCUT2D eigenvalue weighted by Gasteiger charge is 2.25. The number of aromatic nitrogens is 2. The molecule has 1 aliphatic rings. The topological polar surface area (TPSA) is 47.4 Å². The zero-order valence-corrected chi connectivity index (χ0v) is 12.5. The zero-order valence-electron chi connectivity index (χ0n) is 11.8. The van der Waals surface area contributed by atoms with Crippen LogP contribution in [0.5, 0.6) is 0 Å². The molecule has 1 aromatic rings. The van der Waals surface area contributed by atoms with Crippen molar-refractivity contribution in [1.82, 2.24) is 9.78 Å². The number of hydrogen-bond donors (Lipinski definition) is 0. The number of rotatable bonds is 2. The predicted molar refractivity (Wildman–Crippen MR) is 76.1 cm³/mol. The van der Waals surface area contributed by atoms with Gasteiger partial charge in [-0.15, -0.1) is 0 Å². The molecule has 1 saturated heterocycles. The molecule has 19 heavy (non-hydrogen) atoms. The summed E-state index contributed by atoms with van der Waals surface area (Å²) >= 11 is 6.22. The van der Waals surface area contributed by atoms with Crippen LogP contribution in [0.25, 0.3) is 0 Å². The van der Waals surface area contributed by atoms with Gasteiger partial charge in [0.25, 0.3) is 5.56 Å². The third-order valence-electron chi connectivity index (χ3n) is 3.17. The van der Waals surface area contributed by atoms with Crippen LogP contribution in [0.1, 0.15) is 33.7 Å². The maximum Gasteiger partial charge on any atom is 0.287 e. The van der Waals surface area contributed by atoms with Crippen molar-refractivity contribution < 1.29 is 4.74 Å². The van der Waals surface area contributed by atoms with Gasteiger partial charge in [0.1, 0.15) is 5.02 Å². The number of ether oxygens (including phenoxy) is 1. The Balaban J connectivity index is 2.36. The second-order valence-corrected chi connectivity index (χ2v) is 5.73. The van der Waals surface area contributed by atoms with Crippen LogP contribution in [0.2, 0.25) is 5.02 Å². The van der Waals surface area contributed by atoms with Gasteiger partial charge >= 0.3 is 0 Å². The second-order valence-electron chi connectivity index (χ2n) is 5.35. The van der Waals surface area contributed by atoms with Crippen LogP contribution in [-0.2, 0) is 4.74 Å². The third kappa shape index (κ3) is 2.92. The summed E-state index contributed by atoms with van der Waals surface area (Å²) in [6, 6.07) is 0.00147. The summed E-state index contributed by atoms with van der Waals surface area (Å²) < 4.78 is 7.08. The van der Waals surface area contributed by atoms with Crippen LogP contribution in [0.3, 0.4) is 0 Å². The Labute approximate surface area is 118 Å². The quantitative estimate of drug-likeness (QED) is 0.835. The summed E-state index contributed by atoms with van der Waals surface area (Å²) in [6.45, 7) is 9.28. The fourth-order valence-electron chi connectivity index (χ4n) is 2.40. The zero-order chi connectivity index (χ0) is 14.2. The normalized spacial score (nSPS) is 24.0. The Hall–Kier alpha value is -1.07. The first-order valence-corrected chi connectivity index (χ1v) is 6.95. The summed E-state index contributed by atoms with van der Waals surface area (Å²) in [5.74, 6) is 0. The molecule has 106 valence electrons. The van der Waals surface area contributed by atoms with E-state index in [2.05, 4.69) is 10.00 Å². The van der Waals surface area contributed by atoms with Crippen LogP contribution in [0.15, 0.2) is 11.0 Å². The van der Waals surface area contributed by atoms with E-state index in [4.69, 9.17) is 16.3 Å². The van der Waals surface area contributed by atoms with Crippen LogP contribution < -0.4 is 10.5 Å². The van der Waals surface area contributed by atoms with Crippen LogP contribution in [-0.4, -0.2) is 35.1 Å². The summed E-state index contributed by atoms with van der Waals surface area (Å²) in [6.07, 6.45) is 1.91. The molecule has 0 saturated carbocycles. The number of anilines is 1. The van der Waals surface area contributed by atoms with Crippen molar-refractivity contribution in [2.75, 3.05) is 18.0 Å². The molecular formula is C13H20ClN3O2. The molecule has 6 heteroatoms. The molecule has 2 atom stereocenters. The highest BCUT2D eigenvalue weighted by atomic mass is 35.5. The summed E-state index contributed by atoms with van der Waals surface area (Å²) in [5, 5.41) is 4.44. The highest BCUT2D eigenvalue weighted by Crippen LogP contribution is 2.25. The van der Waals surface area contributed by atoms with E-state index in [1.165, 1.54) is 4.68 Å². The molecule has 0 spiro atoms. The molecular weight excluding hydrogens is 266 g/mol. The Bertz CT molecular complexity index is 505. The van der Waals surface area contributed by atoms with Gasteiger partial charge in [-0.25, -0.2) is 4.68 Å². The third-order valence-corrected chi connectivity index (χ3v) is 3.53. The fraction of sp³-hybridized carbons (Fsp3) is 0.692. The molecule has 0 aromatic carbocycles. The maximum absolute atomic E-state index is 12.1. The van der Waals surface area contributed by atoms with Gasteiger partial charge in [0.2, 0.25) is 0 Å². The van der Waals surface area contributed by atoms with Gasteiger partial charge in [-0.3, -0.25) is 4.79 Å². The SMILES string of the molecule is CC(C)n1ncc(N2C[C@@H](C)O[C@H](C)C2)c(Cl)c1=O. The van der Waals surface area contributed by atoms with E-state index in [9.17, 15) is 4.79 Å². The van der Waals surface area contributed by atoms with Crippen LogP contribution in [0.4, 0.5) is 5.69 Å². The molecule has 0 radical (unpaired) electrons. The number of morpholine rings is 1. The van der Waals surface area contributed by atoms with Gasteiger partial charge < -0.3 is 9.64 Å². The first-order chi connectivity index (χ1) is 8.90. The standard InChI is InChI=1S/C13H20ClN3O2/c1-8(2)17-13(18)12(14)11(5-15-17)16-6-9(3)19-10(4)7-16/h5,8-10H,6-7H2,1-4H3/t9-,10-/m1/s1. The van der Waals surface area contributed by atoms with Gasteiger partial charge in [0.15, 0.2) is 0 Å². The molecule has 0 N–H and O–H groups in total. The van der Waals surface area contributed by atoms with Crippen LogP contribution in [0, 0.1) is 0 Å². The van der Waals surface area contributed by atoms with Gasteiger partial charge in [0.05, 0.1) is 30.1 Å². The van der Waals surface area contributed by atoms with E-state index in [0.29, 0.717) is 5.69 Å². The second kappa shape index (κ2) is 5.51. The fourth-order valence-corrected chi connectivity index (χ4v) is 2.65. The smallest absolute Gasteiger partial charge is 0.287 e. The molecule has 0 aliphatic carbocycles. The van der Waals surface area contributed by atoms with Crippen molar-refractivity contribution in [3.8, 4) is 0 Å². The minimum atomic E-state index is -0.235. The van der Waals surface area contributed by atoms with Crippen molar-refractivity contribution in [3.05, 3.63) is 21.6 Å². The number of halogens is 1. The molecule has 1 aliphatic heterocycles. The molecule has 2 rings (SSSR count). The van der Waals surface area contributed by atoms with E-state index >= 15 is 0 Å². The Kier molecular flexibility index (Phi) is 4.16. The average Bonchev–Trinajstić information content (AvgIpc) is 2.30. The lowest BCUT2D eigenvalue weighted by Crippen LogP contribution is -2.46. The van der Waals surface area contributed by atoms with E-state index in [-0.39, 0.29) is 28.8 Å². The van der Waals surface area contributed by atoms with E-state index in [0.717, 1.165) is 13.1 Å². The van der Waals surface area contributed by atoms with Crippen molar-refractivity contribution in [2.24, 2.45) is 0 Å². The van der Waals surface area contributed by atoms with Gasteiger partial charge in [0, 0.05) is 13.1 Å². The monoisotopic (exact) mass is 285 g/mol.